The molecule has 0 aliphatic rings. The molecule has 1 heterocycles. The van der Waals surface area contributed by atoms with Gasteiger partial charge in [-0.3, -0.25) is 4.79 Å². The fraction of sp³-hybridized carbons (Fsp3) is 0.222. The molecule has 0 bridgehead atoms. The summed E-state index contributed by atoms with van der Waals surface area (Å²) in [6.07, 6.45) is 3.42. The molecule has 1 N–H and O–H groups in total. The van der Waals surface area contributed by atoms with E-state index in [2.05, 4.69) is 11.6 Å². The second kappa shape index (κ2) is 8.57. The van der Waals surface area contributed by atoms with Gasteiger partial charge in [-0.15, -0.1) is 6.58 Å². The SMILES string of the molecule is C=CCN(CCC(=O)O)c1ccc(Oc2ccccc2OC)nc1. The molecule has 24 heavy (non-hydrogen) atoms. The minimum atomic E-state index is -0.840. The molecule has 0 aliphatic heterocycles. The monoisotopic (exact) mass is 328 g/mol. The van der Waals surface area contributed by atoms with E-state index in [4.69, 9.17) is 14.6 Å². The van der Waals surface area contributed by atoms with E-state index in [-0.39, 0.29) is 6.42 Å². The Bertz CT molecular complexity index is 686. The summed E-state index contributed by atoms with van der Waals surface area (Å²) in [5, 5.41) is 8.84. The van der Waals surface area contributed by atoms with Crippen molar-refractivity contribution in [2.24, 2.45) is 0 Å². The van der Waals surface area contributed by atoms with Crippen LogP contribution >= 0.6 is 0 Å². The van der Waals surface area contributed by atoms with Crippen LogP contribution in [0.4, 0.5) is 5.69 Å². The third-order valence-electron chi connectivity index (χ3n) is 3.31. The molecule has 1 aromatic carbocycles. The molecule has 0 saturated heterocycles. The van der Waals surface area contributed by atoms with Crippen molar-refractivity contribution >= 4 is 11.7 Å². The van der Waals surface area contributed by atoms with Crippen LogP contribution in [0.2, 0.25) is 0 Å². The molecule has 0 amide bonds. The minimum Gasteiger partial charge on any atom is -0.493 e. The zero-order chi connectivity index (χ0) is 17.4. The lowest BCUT2D eigenvalue weighted by molar-refractivity contribution is -0.136. The first-order chi connectivity index (χ1) is 11.6. The van der Waals surface area contributed by atoms with E-state index in [0.717, 1.165) is 5.69 Å². The number of carbonyl (C=O) groups is 1. The Labute approximate surface area is 141 Å². The molecule has 0 radical (unpaired) electrons. The van der Waals surface area contributed by atoms with Crippen LogP contribution in [0.1, 0.15) is 6.42 Å². The highest BCUT2D eigenvalue weighted by Gasteiger charge is 2.09. The molecule has 0 spiro atoms. The number of benzene rings is 1. The molecule has 0 fully saturated rings. The third-order valence-corrected chi connectivity index (χ3v) is 3.31. The fourth-order valence-corrected chi connectivity index (χ4v) is 2.15. The van der Waals surface area contributed by atoms with Gasteiger partial charge in [0.05, 0.1) is 25.4 Å². The van der Waals surface area contributed by atoms with Crippen LogP contribution in [0.15, 0.2) is 55.3 Å². The smallest absolute Gasteiger partial charge is 0.305 e. The summed E-state index contributed by atoms with van der Waals surface area (Å²) in [6.45, 7) is 4.63. The van der Waals surface area contributed by atoms with E-state index < -0.39 is 5.97 Å². The maximum absolute atomic E-state index is 10.8. The summed E-state index contributed by atoms with van der Waals surface area (Å²) in [7, 11) is 1.58. The average Bonchev–Trinajstić information content (AvgIpc) is 2.60. The number of aliphatic carboxylic acids is 1. The van der Waals surface area contributed by atoms with Gasteiger partial charge in [0.25, 0.3) is 0 Å². The summed E-state index contributed by atoms with van der Waals surface area (Å²) >= 11 is 0. The molecular weight excluding hydrogens is 308 g/mol. The van der Waals surface area contributed by atoms with Crippen molar-refractivity contribution < 1.29 is 19.4 Å². The quantitative estimate of drug-likeness (QED) is 0.712. The zero-order valence-corrected chi connectivity index (χ0v) is 13.5. The van der Waals surface area contributed by atoms with E-state index in [9.17, 15) is 4.79 Å². The summed E-state index contributed by atoms with van der Waals surface area (Å²) in [5.41, 5.74) is 0.809. The first kappa shape index (κ1) is 17.3. The summed E-state index contributed by atoms with van der Waals surface area (Å²) in [5.74, 6) is 0.792. The van der Waals surface area contributed by atoms with Gasteiger partial charge in [-0.05, 0) is 18.2 Å². The van der Waals surface area contributed by atoms with Gasteiger partial charge in [0.1, 0.15) is 0 Å². The van der Waals surface area contributed by atoms with Gasteiger partial charge in [0.2, 0.25) is 5.88 Å². The molecule has 6 nitrogen and oxygen atoms in total. The number of nitrogens with zero attached hydrogens (tertiary/aromatic N) is 2. The minimum absolute atomic E-state index is 0.0489. The normalized spacial score (nSPS) is 10.0. The van der Waals surface area contributed by atoms with Crippen molar-refractivity contribution in [2.45, 2.75) is 6.42 Å². The van der Waals surface area contributed by atoms with Gasteiger partial charge in [0.15, 0.2) is 11.5 Å². The number of carboxylic acids is 1. The van der Waals surface area contributed by atoms with Crippen LogP contribution < -0.4 is 14.4 Å². The number of ether oxygens (including phenoxy) is 2. The van der Waals surface area contributed by atoms with Gasteiger partial charge in [0, 0.05) is 19.2 Å². The van der Waals surface area contributed by atoms with Crippen LogP contribution in [0, 0.1) is 0 Å². The van der Waals surface area contributed by atoms with Crippen molar-refractivity contribution in [3.8, 4) is 17.4 Å². The Morgan fingerprint density at radius 1 is 1.29 bits per heavy atom. The number of aromatic nitrogens is 1. The Kier molecular flexibility index (Phi) is 6.19. The Morgan fingerprint density at radius 2 is 2.04 bits per heavy atom. The van der Waals surface area contributed by atoms with Gasteiger partial charge < -0.3 is 19.5 Å². The molecule has 0 atom stereocenters. The first-order valence-corrected chi connectivity index (χ1v) is 7.48. The molecule has 0 unspecified atom stereocenters. The van der Waals surface area contributed by atoms with Crippen molar-refractivity contribution in [1.29, 1.82) is 0 Å². The molecule has 1 aromatic heterocycles. The van der Waals surface area contributed by atoms with Crippen LogP contribution in [0.5, 0.6) is 17.4 Å². The summed E-state index contributed by atoms with van der Waals surface area (Å²) in [6, 6.07) is 10.9. The Balaban J connectivity index is 2.10. The lowest BCUT2D eigenvalue weighted by atomic mass is 10.3. The molecular formula is C18H20N2O4. The van der Waals surface area contributed by atoms with Crippen LogP contribution in [0.3, 0.4) is 0 Å². The van der Waals surface area contributed by atoms with Crippen LogP contribution in [-0.4, -0.2) is 36.3 Å². The van der Waals surface area contributed by atoms with Crippen molar-refractivity contribution in [1.82, 2.24) is 4.98 Å². The number of methoxy groups -OCH3 is 1. The van der Waals surface area contributed by atoms with E-state index in [1.807, 2.05) is 23.1 Å². The van der Waals surface area contributed by atoms with E-state index in [0.29, 0.717) is 30.5 Å². The number of hydrogen-bond acceptors (Lipinski definition) is 5. The standard InChI is InChI=1S/C18H20N2O4/c1-3-11-20(12-10-18(21)22)14-8-9-17(19-13-14)24-16-7-5-4-6-15(16)23-2/h3-9,13H,1,10-12H2,2H3,(H,21,22). The number of carboxylic acid groups (broad SMARTS) is 1. The highest BCUT2D eigenvalue weighted by Crippen LogP contribution is 2.30. The number of para-hydroxylation sites is 2. The number of pyridine rings is 1. The van der Waals surface area contributed by atoms with Gasteiger partial charge in [-0.2, -0.15) is 0 Å². The highest BCUT2D eigenvalue weighted by molar-refractivity contribution is 5.67. The van der Waals surface area contributed by atoms with Gasteiger partial charge >= 0.3 is 5.97 Å². The predicted octanol–water partition coefficient (Wildman–Crippen LogP) is 3.35. The Hall–Kier alpha value is -3.02. The third kappa shape index (κ3) is 4.74. The highest BCUT2D eigenvalue weighted by atomic mass is 16.5. The number of rotatable bonds is 9. The molecule has 0 aliphatic carbocycles. The molecule has 0 saturated carbocycles. The topological polar surface area (TPSA) is 71.9 Å². The van der Waals surface area contributed by atoms with Crippen LogP contribution in [-0.2, 0) is 4.79 Å². The largest absolute Gasteiger partial charge is 0.493 e. The number of hydrogen-bond donors (Lipinski definition) is 1. The molecule has 2 aromatic rings. The molecule has 6 heteroatoms. The first-order valence-electron chi connectivity index (χ1n) is 7.48. The lowest BCUT2D eigenvalue weighted by Crippen LogP contribution is -2.26. The number of anilines is 1. The van der Waals surface area contributed by atoms with E-state index >= 15 is 0 Å². The average molecular weight is 328 g/mol. The van der Waals surface area contributed by atoms with Crippen molar-refractivity contribution in [3.05, 3.63) is 55.3 Å². The predicted molar refractivity (Wildman–Crippen MR) is 92.0 cm³/mol. The zero-order valence-electron chi connectivity index (χ0n) is 13.5. The summed E-state index contributed by atoms with van der Waals surface area (Å²) < 4.78 is 11.0. The second-order valence-electron chi connectivity index (χ2n) is 4.99. The Morgan fingerprint density at radius 3 is 2.62 bits per heavy atom. The lowest BCUT2D eigenvalue weighted by Gasteiger charge is -2.22. The van der Waals surface area contributed by atoms with E-state index in [1.165, 1.54) is 0 Å². The maximum atomic E-state index is 10.8. The van der Waals surface area contributed by atoms with Gasteiger partial charge in [-0.1, -0.05) is 18.2 Å². The fourth-order valence-electron chi connectivity index (χ4n) is 2.15. The van der Waals surface area contributed by atoms with Crippen molar-refractivity contribution in [2.75, 3.05) is 25.1 Å². The maximum Gasteiger partial charge on any atom is 0.305 e. The van der Waals surface area contributed by atoms with Crippen molar-refractivity contribution in [3.63, 3.8) is 0 Å². The van der Waals surface area contributed by atoms with Crippen LogP contribution in [0.25, 0.3) is 0 Å². The molecule has 126 valence electrons. The molecule has 2 rings (SSSR count). The summed E-state index contributed by atoms with van der Waals surface area (Å²) in [4.78, 5) is 16.9. The second-order valence-corrected chi connectivity index (χ2v) is 4.99. The van der Waals surface area contributed by atoms with Gasteiger partial charge in [-0.25, -0.2) is 4.98 Å². The van der Waals surface area contributed by atoms with E-state index in [1.54, 1.807) is 37.6 Å².